The molecule has 2 aromatic carbocycles. The monoisotopic (exact) mass is 410 g/mol. The number of rotatable bonds is 3. The zero-order chi connectivity index (χ0) is 18.1. The van der Waals surface area contributed by atoms with Crippen molar-refractivity contribution in [3.63, 3.8) is 0 Å². The van der Waals surface area contributed by atoms with Gasteiger partial charge in [-0.25, -0.2) is 0 Å². The Labute approximate surface area is 163 Å². The van der Waals surface area contributed by atoms with Gasteiger partial charge in [-0.15, -0.1) is 0 Å². The molecule has 0 spiro atoms. The molecule has 3 aromatic rings. The third-order valence-electron chi connectivity index (χ3n) is 5.09. The van der Waals surface area contributed by atoms with Gasteiger partial charge in [0.05, 0.1) is 11.4 Å². The molecule has 1 aliphatic heterocycles. The molecule has 1 fully saturated rings. The number of H-pyrrole nitrogens is 1. The molecular weight excluding hydrogens is 388 g/mol. The third-order valence-corrected chi connectivity index (χ3v) is 5.95. The highest BCUT2D eigenvalue weighted by atomic mass is 79.9. The number of nitrogens with one attached hydrogen (secondary N) is 1. The summed E-state index contributed by atoms with van der Waals surface area (Å²) in [6, 6.07) is 17.2. The summed E-state index contributed by atoms with van der Waals surface area (Å²) in [7, 11) is 2.18. The molecule has 4 rings (SSSR count). The maximum atomic E-state index is 4.49. The van der Waals surface area contributed by atoms with Crippen LogP contribution >= 0.6 is 15.9 Å². The molecule has 1 N–H and O–H groups in total. The molecule has 1 saturated heterocycles. The topological polar surface area (TPSA) is 35.2 Å². The predicted octanol–water partition coefficient (Wildman–Crippen LogP) is 4.57. The molecule has 0 atom stereocenters. The molecule has 0 aliphatic carbocycles. The number of piperazine rings is 1. The van der Waals surface area contributed by atoms with Gasteiger partial charge >= 0.3 is 0 Å². The van der Waals surface area contributed by atoms with E-state index < -0.39 is 0 Å². The number of aryl methyl sites for hydroxylation is 1. The Morgan fingerprint density at radius 1 is 0.923 bits per heavy atom. The highest BCUT2D eigenvalue weighted by Gasteiger charge is 2.14. The van der Waals surface area contributed by atoms with Crippen LogP contribution in [0.1, 0.15) is 5.56 Å². The van der Waals surface area contributed by atoms with Gasteiger partial charge in [0.25, 0.3) is 0 Å². The first-order valence-corrected chi connectivity index (χ1v) is 9.75. The fourth-order valence-corrected chi connectivity index (χ4v) is 3.66. The Bertz CT molecular complexity index is 893. The van der Waals surface area contributed by atoms with Crippen LogP contribution in [0.25, 0.3) is 22.5 Å². The van der Waals surface area contributed by atoms with Gasteiger partial charge < -0.3 is 9.80 Å². The molecule has 0 bridgehead atoms. The number of hydrogen-bond donors (Lipinski definition) is 1. The smallest absolute Gasteiger partial charge is 0.0927 e. The number of hydrogen-bond acceptors (Lipinski definition) is 3. The molecule has 134 valence electrons. The van der Waals surface area contributed by atoms with Gasteiger partial charge in [0.15, 0.2) is 0 Å². The van der Waals surface area contributed by atoms with Crippen molar-refractivity contribution in [2.75, 3.05) is 38.1 Å². The minimum absolute atomic E-state index is 0.962. The summed E-state index contributed by atoms with van der Waals surface area (Å²) in [5.74, 6) is 0. The van der Waals surface area contributed by atoms with Gasteiger partial charge in [-0.1, -0.05) is 40.2 Å². The molecule has 0 unspecified atom stereocenters. The summed E-state index contributed by atoms with van der Waals surface area (Å²) >= 11 is 3.60. The maximum absolute atomic E-state index is 4.49. The lowest BCUT2D eigenvalue weighted by atomic mass is 10.1. The fourth-order valence-electron chi connectivity index (χ4n) is 3.29. The second kappa shape index (κ2) is 7.25. The van der Waals surface area contributed by atoms with Crippen molar-refractivity contribution in [3.8, 4) is 22.5 Å². The van der Waals surface area contributed by atoms with E-state index in [4.69, 9.17) is 0 Å². The average Bonchev–Trinajstić information content (AvgIpc) is 3.15. The van der Waals surface area contributed by atoms with Gasteiger partial charge in [0.2, 0.25) is 0 Å². The molecule has 0 radical (unpaired) electrons. The van der Waals surface area contributed by atoms with E-state index in [1.807, 2.05) is 0 Å². The lowest BCUT2D eigenvalue weighted by Crippen LogP contribution is -2.44. The molecule has 0 saturated carbocycles. The van der Waals surface area contributed by atoms with Crippen LogP contribution in [0.3, 0.4) is 0 Å². The van der Waals surface area contributed by atoms with Crippen LogP contribution in [0, 0.1) is 6.92 Å². The second-order valence-electron chi connectivity index (χ2n) is 6.97. The fraction of sp³-hybridized carbons (Fsp3) is 0.286. The first-order valence-electron chi connectivity index (χ1n) is 8.96. The minimum atomic E-state index is 0.962. The van der Waals surface area contributed by atoms with Crippen LogP contribution in [0.2, 0.25) is 0 Å². The largest absolute Gasteiger partial charge is 0.369 e. The molecule has 1 aromatic heterocycles. The zero-order valence-corrected chi connectivity index (χ0v) is 16.8. The summed E-state index contributed by atoms with van der Waals surface area (Å²) in [5, 5.41) is 7.67. The van der Waals surface area contributed by atoms with E-state index >= 15 is 0 Å². The molecular formula is C21H23BrN4. The highest BCUT2D eigenvalue weighted by molar-refractivity contribution is 9.10. The Hall–Kier alpha value is -2.11. The number of aromatic amines is 1. The minimum Gasteiger partial charge on any atom is -0.369 e. The normalized spacial score (nSPS) is 15.4. The van der Waals surface area contributed by atoms with E-state index in [0.717, 1.165) is 53.2 Å². The van der Waals surface area contributed by atoms with Gasteiger partial charge in [0, 0.05) is 41.9 Å². The highest BCUT2D eigenvalue weighted by Crippen LogP contribution is 2.28. The first-order chi connectivity index (χ1) is 12.6. The Balaban J connectivity index is 1.53. The number of likely N-dealkylation sites (N-methyl/N-ethyl adjacent to an activating group) is 1. The van der Waals surface area contributed by atoms with Crippen molar-refractivity contribution in [1.82, 2.24) is 15.1 Å². The van der Waals surface area contributed by atoms with Crippen LogP contribution in [0.4, 0.5) is 5.69 Å². The number of anilines is 1. The number of aromatic nitrogens is 2. The summed E-state index contributed by atoms with van der Waals surface area (Å²) in [6.07, 6.45) is 0. The van der Waals surface area contributed by atoms with E-state index in [-0.39, 0.29) is 0 Å². The van der Waals surface area contributed by atoms with E-state index in [2.05, 4.69) is 98.4 Å². The first kappa shape index (κ1) is 17.3. The number of halogens is 1. The van der Waals surface area contributed by atoms with Crippen LogP contribution in [-0.2, 0) is 0 Å². The molecule has 1 aliphatic rings. The average molecular weight is 411 g/mol. The van der Waals surface area contributed by atoms with Crippen molar-refractivity contribution >= 4 is 21.6 Å². The third kappa shape index (κ3) is 3.55. The molecule has 26 heavy (non-hydrogen) atoms. The Morgan fingerprint density at radius 2 is 1.62 bits per heavy atom. The molecule has 5 heteroatoms. The predicted molar refractivity (Wildman–Crippen MR) is 112 cm³/mol. The molecule has 2 heterocycles. The van der Waals surface area contributed by atoms with E-state index in [1.165, 1.54) is 11.3 Å². The van der Waals surface area contributed by atoms with Gasteiger partial charge in [-0.2, -0.15) is 5.10 Å². The van der Waals surface area contributed by atoms with E-state index in [9.17, 15) is 0 Å². The van der Waals surface area contributed by atoms with Crippen molar-refractivity contribution < 1.29 is 0 Å². The summed E-state index contributed by atoms with van der Waals surface area (Å²) in [6.45, 7) is 6.51. The van der Waals surface area contributed by atoms with Crippen molar-refractivity contribution in [2.24, 2.45) is 0 Å². The quantitative estimate of drug-likeness (QED) is 0.686. The standard InChI is InChI=1S/C21H23BrN4/c1-15-3-4-17(13-19(15)22)21-14-20(23-24-21)16-5-7-18(8-6-16)26-11-9-25(2)10-12-26/h3-8,13-14H,9-12H2,1-2H3,(H,23,24). The molecule has 0 amide bonds. The summed E-state index contributed by atoms with van der Waals surface area (Å²) < 4.78 is 1.11. The number of benzene rings is 2. The van der Waals surface area contributed by atoms with Gasteiger partial charge in [-0.3, -0.25) is 5.10 Å². The van der Waals surface area contributed by atoms with Crippen LogP contribution < -0.4 is 4.90 Å². The van der Waals surface area contributed by atoms with Crippen LogP contribution in [0.15, 0.2) is 53.0 Å². The van der Waals surface area contributed by atoms with E-state index in [1.54, 1.807) is 0 Å². The van der Waals surface area contributed by atoms with Crippen LogP contribution in [0.5, 0.6) is 0 Å². The Morgan fingerprint density at radius 3 is 2.31 bits per heavy atom. The molecule has 4 nitrogen and oxygen atoms in total. The summed E-state index contributed by atoms with van der Waals surface area (Å²) in [4.78, 5) is 4.83. The number of nitrogens with zero attached hydrogens (tertiary/aromatic N) is 3. The van der Waals surface area contributed by atoms with Gasteiger partial charge in [-0.05, 0) is 49.4 Å². The van der Waals surface area contributed by atoms with Crippen molar-refractivity contribution in [1.29, 1.82) is 0 Å². The van der Waals surface area contributed by atoms with Crippen molar-refractivity contribution in [3.05, 3.63) is 58.6 Å². The zero-order valence-electron chi connectivity index (χ0n) is 15.2. The van der Waals surface area contributed by atoms with Crippen LogP contribution in [-0.4, -0.2) is 48.3 Å². The lowest BCUT2D eigenvalue weighted by molar-refractivity contribution is 0.313. The van der Waals surface area contributed by atoms with Crippen molar-refractivity contribution in [2.45, 2.75) is 6.92 Å². The SMILES string of the molecule is Cc1ccc(-c2cc(-c3ccc(N4CCN(C)CC4)cc3)[nH]n2)cc1Br. The van der Waals surface area contributed by atoms with E-state index in [0.29, 0.717) is 0 Å². The summed E-state index contributed by atoms with van der Waals surface area (Å²) in [5.41, 5.74) is 6.80. The second-order valence-corrected chi connectivity index (χ2v) is 7.82. The Kier molecular flexibility index (Phi) is 4.83. The lowest BCUT2D eigenvalue weighted by Gasteiger charge is -2.34. The van der Waals surface area contributed by atoms with Gasteiger partial charge in [0.1, 0.15) is 0 Å². The maximum Gasteiger partial charge on any atom is 0.0927 e.